The molecule has 0 bridgehead atoms. The fourth-order valence-electron chi connectivity index (χ4n) is 5.13. The van der Waals surface area contributed by atoms with Crippen molar-refractivity contribution < 1.29 is 9.84 Å². The van der Waals surface area contributed by atoms with Crippen molar-refractivity contribution in [3.63, 3.8) is 0 Å². The summed E-state index contributed by atoms with van der Waals surface area (Å²) in [5.74, 6) is 1.38. The van der Waals surface area contributed by atoms with Gasteiger partial charge in [-0.25, -0.2) is 0 Å². The summed E-state index contributed by atoms with van der Waals surface area (Å²) in [4.78, 5) is 2.57. The van der Waals surface area contributed by atoms with Gasteiger partial charge in [0.1, 0.15) is 18.1 Å². The number of hydrogen-bond acceptors (Lipinski definition) is 3. The summed E-state index contributed by atoms with van der Waals surface area (Å²) in [6.45, 7) is 9.85. The summed E-state index contributed by atoms with van der Waals surface area (Å²) >= 11 is 0. The molecule has 2 aromatic rings. The van der Waals surface area contributed by atoms with E-state index in [1.54, 1.807) is 0 Å². The highest BCUT2D eigenvalue weighted by Crippen LogP contribution is 2.57. The maximum absolute atomic E-state index is 10.5. The second-order valence-corrected chi connectivity index (χ2v) is 8.51. The van der Waals surface area contributed by atoms with Crippen molar-refractivity contribution in [3.05, 3.63) is 59.7 Å². The van der Waals surface area contributed by atoms with E-state index >= 15 is 0 Å². The topological polar surface area (TPSA) is 32.7 Å². The quantitative estimate of drug-likeness (QED) is 0.817. The third-order valence-electron chi connectivity index (χ3n) is 7.13. The molecule has 2 atom stereocenters. The van der Waals surface area contributed by atoms with Crippen LogP contribution in [0.2, 0.25) is 0 Å². The first kappa shape index (κ1) is 20.0. The predicted octanol–water partition coefficient (Wildman–Crippen LogP) is 4.81. The molecule has 1 fully saturated rings. The number of rotatable bonds is 4. The smallest absolute Gasteiger partial charge is 0.119 e. The van der Waals surface area contributed by atoms with Crippen molar-refractivity contribution >= 4 is 12.4 Å². The zero-order valence-corrected chi connectivity index (χ0v) is 17.3. The Labute approximate surface area is 168 Å². The van der Waals surface area contributed by atoms with E-state index in [0.717, 1.165) is 30.8 Å². The van der Waals surface area contributed by atoms with Gasteiger partial charge in [0.2, 0.25) is 0 Å². The molecule has 1 saturated heterocycles. The van der Waals surface area contributed by atoms with Gasteiger partial charge in [-0.3, -0.25) is 4.90 Å². The van der Waals surface area contributed by atoms with Gasteiger partial charge >= 0.3 is 0 Å². The fourth-order valence-corrected chi connectivity index (χ4v) is 5.13. The molecule has 1 N–H and O–H groups in total. The van der Waals surface area contributed by atoms with Crippen LogP contribution in [0.4, 0.5) is 0 Å². The Kier molecular flexibility index (Phi) is 5.47. The van der Waals surface area contributed by atoms with Crippen molar-refractivity contribution in [1.82, 2.24) is 4.90 Å². The standard InChI is InChI=1S/C23H29NO2.ClH/c1-22(2)19-10-7-11-20(25)18(19)16-21-23(22,3)12-13-24(21)14-15-26-17-8-5-4-6-9-17;/h4-11,21,25H,12-16H2,1-3H3;1H/t21-,23+;/m0./s1. The van der Waals surface area contributed by atoms with Crippen LogP contribution < -0.4 is 4.74 Å². The lowest BCUT2D eigenvalue weighted by Crippen LogP contribution is -2.53. The highest BCUT2D eigenvalue weighted by Gasteiger charge is 2.56. The first-order valence-electron chi connectivity index (χ1n) is 9.67. The molecule has 146 valence electrons. The molecule has 4 rings (SSSR count). The van der Waals surface area contributed by atoms with Crippen LogP contribution in [0, 0.1) is 5.41 Å². The van der Waals surface area contributed by atoms with Gasteiger partial charge in [-0.1, -0.05) is 51.1 Å². The number of fused-ring (bicyclic) bond motifs is 2. The van der Waals surface area contributed by atoms with Crippen LogP contribution in [0.25, 0.3) is 0 Å². The number of phenols is 1. The van der Waals surface area contributed by atoms with Crippen LogP contribution in [0.3, 0.4) is 0 Å². The summed E-state index contributed by atoms with van der Waals surface area (Å²) in [7, 11) is 0. The van der Waals surface area contributed by atoms with Gasteiger partial charge < -0.3 is 9.84 Å². The number of ether oxygens (including phenoxy) is 1. The number of halogens is 1. The largest absolute Gasteiger partial charge is 0.508 e. The number of nitrogens with zero attached hydrogens (tertiary/aromatic N) is 1. The number of phenolic OH excluding ortho intramolecular Hbond substituents is 1. The van der Waals surface area contributed by atoms with Crippen LogP contribution in [-0.2, 0) is 11.8 Å². The second-order valence-electron chi connectivity index (χ2n) is 8.51. The number of hydrogen-bond donors (Lipinski definition) is 1. The lowest BCUT2D eigenvalue weighted by atomic mass is 9.54. The van der Waals surface area contributed by atoms with Gasteiger partial charge in [0.05, 0.1) is 0 Å². The lowest BCUT2D eigenvalue weighted by Gasteiger charge is -2.52. The van der Waals surface area contributed by atoms with Crippen molar-refractivity contribution in [1.29, 1.82) is 0 Å². The molecule has 0 amide bonds. The molecule has 27 heavy (non-hydrogen) atoms. The molecule has 0 unspecified atom stereocenters. The Balaban J connectivity index is 0.00000210. The van der Waals surface area contributed by atoms with Gasteiger partial charge in [0.25, 0.3) is 0 Å². The number of benzene rings is 2. The van der Waals surface area contributed by atoms with Crippen LogP contribution in [0.15, 0.2) is 48.5 Å². The SMILES string of the molecule is CC1(C)c2cccc(O)c2C[C@@H]2N(CCOc3ccccc3)CC[C@]21C.Cl. The van der Waals surface area contributed by atoms with E-state index in [1.165, 1.54) is 12.0 Å². The Hall–Kier alpha value is -1.71. The molecule has 0 radical (unpaired) electrons. The highest BCUT2D eigenvalue weighted by molar-refractivity contribution is 5.85. The summed E-state index contributed by atoms with van der Waals surface area (Å²) in [6.07, 6.45) is 2.11. The summed E-state index contributed by atoms with van der Waals surface area (Å²) in [5, 5.41) is 10.5. The van der Waals surface area contributed by atoms with Crippen LogP contribution in [0.5, 0.6) is 11.5 Å². The van der Waals surface area contributed by atoms with Gasteiger partial charge in [-0.05, 0) is 59.5 Å². The fraction of sp³-hybridized carbons (Fsp3) is 0.478. The highest BCUT2D eigenvalue weighted by atomic mass is 35.5. The molecule has 4 heteroatoms. The Morgan fingerprint density at radius 1 is 1.07 bits per heavy atom. The zero-order chi connectivity index (χ0) is 18.4. The number of aromatic hydroxyl groups is 1. The summed E-state index contributed by atoms with van der Waals surface area (Å²) in [5.41, 5.74) is 2.70. The molecular formula is C23H30ClNO2. The summed E-state index contributed by atoms with van der Waals surface area (Å²) in [6, 6.07) is 16.5. The third-order valence-corrected chi connectivity index (χ3v) is 7.13. The number of likely N-dealkylation sites (tertiary alicyclic amines) is 1. The van der Waals surface area contributed by atoms with Crippen LogP contribution in [-0.4, -0.2) is 35.7 Å². The minimum Gasteiger partial charge on any atom is -0.508 e. The van der Waals surface area contributed by atoms with Crippen molar-refractivity contribution in [2.24, 2.45) is 5.41 Å². The van der Waals surface area contributed by atoms with E-state index in [4.69, 9.17) is 4.74 Å². The Morgan fingerprint density at radius 3 is 2.56 bits per heavy atom. The first-order chi connectivity index (χ1) is 12.4. The normalized spacial score (nSPS) is 26.0. The van der Waals surface area contributed by atoms with Crippen LogP contribution in [0.1, 0.15) is 38.3 Å². The summed E-state index contributed by atoms with van der Waals surface area (Å²) < 4.78 is 5.93. The van der Waals surface area contributed by atoms with E-state index in [-0.39, 0.29) is 23.2 Å². The molecule has 1 aliphatic carbocycles. The van der Waals surface area contributed by atoms with E-state index in [0.29, 0.717) is 18.4 Å². The average molecular weight is 388 g/mol. The molecule has 0 spiro atoms. The average Bonchev–Trinajstić information content (AvgIpc) is 2.95. The van der Waals surface area contributed by atoms with Crippen molar-refractivity contribution in [3.8, 4) is 11.5 Å². The first-order valence-corrected chi connectivity index (χ1v) is 9.67. The molecule has 3 nitrogen and oxygen atoms in total. The lowest BCUT2D eigenvalue weighted by molar-refractivity contribution is 0.0724. The van der Waals surface area contributed by atoms with Gasteiger partial charge in [-0.2, -0.15) is 0 Å². The maximum atomic E-state index is 10.5. The molecule has 1 heterocycles. The maximum Gasteiger partial charge on any atom is 0.119 e. The monoisotopic (exact) mass is 387 g/mol. The van der Waals surface area contributed by atoms with E-state index in [1.807, 2.05) is 42.5 Å². The van der Waals surface area contributed by atoms with E-state index in [2.05, 4.69) is 31.7 Å². The molecule has 0 saturated carbocycles. The number of para-hydroxylation sites is 1. The molecule has 2 aromatic carbocycles. The second kappa shape index (κ2) is 7.37. The van der Waals surface area contributed by atoms with Crippen molar-refractivity contribution in [2.75, 3.05) is 19.7 Å². The predicted molar refractivity (Wildman–Crippen MR) is 112 cm³/mol. The molecule has 0 aromatic heterocycles. The van der Waals surface area contributed by atoms with E-state index < -0.39 is 0 Å². The molecule has 2 aliphatic rings. The van der Waals surface area contributed by atoms with Gasteiger partial charge in [0.15, 0.2) is 0 Å². The van der Waals surface area contributed by atoms with Gasteiger partial charge in [-0.15, -0.1) is 12.4 Å². The zero-order valence-electron chi connectivity index (χ0n) is 16.4. The minimum atomic E-state index is 0. The Morgan fingerprint density at radius 2 is 1.81 bits per heavy atom. The molecular weight excluding hydrogens is 358 g/mol. The Bertz CT molecular complexity index is 792. The molecule has 1 aliphatic heterocycles. The minimum absolute atomic E-state index is 0. The van der Waals surface area contributed by atoms with Crippen molar-refractivity contribution in [2.45, 2.75) is 45.1 Å². The van der Waals surface area contributed by atoms with E-state index in [9.17, 15) is 5.11 Å². The van der Waals surface area contributed by atoms with Crippen LogP contribution >= 0.6 is 12.4 Å². The third kappa shape index (κ3) is 3.21. The van der Waals surface area contributed by atoms with Gasteiger partial charge in [0, 0.05) is 12.6 Å².